The second-order valence-electron chi connectivity index (χ2n) is 4.08. The van der Waals surface area contributed by atoms with E-state index in [1.807, 2.05) is 18.7 Å². The first kappa shape index (κ1) is 12.5. The summed E-state index contributed by atoms with van der Waals surface area (Å²) in [6.45, 7) is 6.45. The number of piperidine rings is 1. The number of methoxy groups -OCH3 is 1. The van der Waals surface area contributed by atoms with Crippen LogP contribution in [0.15, 0.2) is 0 Å². The number of rotatable bonds is 5. The van der Waals surface area contributed by atoms with Gasteiger partial charge >= 0.3 is 0 Å². The van der Waals surface area contributed by atoms with Crippen LogP contribution in [0.1, 0.15) is 26.7 Å². The quantitative estimate of drug-likeness (QED) is 0.729. The number of amides is 1. The molecule has 0 aromatic heterocycles. The van der Waals surface area contributed by atoms with Gasteiger partial charge in [0.25, 0.3) is 0 Å². The number of ether oxygens (including phenoxy) is 1. The lowest BCUT2D eigenvalue weighted by molar-refractivity contribution is -0.137. The van der Waals surface area contributed by atoms with E-state index in [0.717, 1.165) is 25.9 Å². The van der Waals surface area contributed by atoms with Crippen LogP contribution >= 0.6 is 0 Å². The Morgan fingerprint density at radius 1 is 1.67 bits per heavy atom. The fourth-order valence-electron chi connectivity index (χ4n) is 1.94. The number of hydrogen-bond acceptors (Lipinski definition) is 3. The third kappa shape index (κ3) is 3.47. The van der Waals surface area contributed by atoms with Crippen molar-refractivity contribution in [3.63, 3.8) is 0 Å². The van der Waals surface area contributed by atoms with Crippen molar-refractivity contribution < 1.29 is 9.53 Å². The first-order valence-corrected chi connectivity index (χ1v) is 5.74. The minimum absolute atomic E-state index is 0.0211. The van der Waals surface area contributed by atoms with Crippen molar-refractivity contribution in [3.05, 3.63) is 0 Å². The fourth-order valence-corrected chi connectivity index (χ4v) is 1.94. The van der Waals surface area contributed by atoms with Gasteiger partial charge in [-0.1, -0.05) is 6.92 Å². The molecule has 0 saturated carbocycles. The Hall–Kier alpha value is -0.610. The van der Waals surface area contributed by atoms with Gasteiger partial charge in [0.2, 0.25) is 5.91 Å². The fraction of sp³-hybridized carbons (Fsp3) is 0.909. The van der Waals surface area contributed by atoms with Crippen molar-refractivity contribution >= 4 is 5.91 Å². The molecule has 1 aliphatic heterocycles. The summed E-state index contributed by atoms with van der Waals surface area (Å²) in [5, 5.41) is 3.22. The Labute approximate surface area is 92.0 Å². The highest BCUT2D eigenvalue weighted by Gasteiger charge is 2.28. The topological polar surface area (TPSA) is 41.6 Å². The minimum atomic E-state index is 0.0211. The summed E-state index contributed by atoms with van der Waals surface area (Å²) in [5.74, 6) is 0.229. The highest BCUT2D eigenvalue weighted by Crippen LogP contribution is 2.12. The van der Waals surface area contributed by atoms with E-state index in [0.29, 0.717) is 6.54 Å². The molecule has 0 aliphatic carbocycles. The van der Waals surface area contributed by atoms with Gasteiger partial charge in [0.05, 0.1) is 12.1 Å². The van der Waals surface area contributed by atoms with Crippen LogP contribution in [0, 0.1) is 0 Å². The van der Waals surface area contributed by atoms with E-state index in [4.69, 9.17) is 4.74 Å². The maximum atomic E-state index is 12.0. The maximum absolute atomic E-state index is 12.0. The van der Waals surface area contributed by atoms with Crippen LogP contribution in [0.5, 0.6) is 0 Å². The van der Waals surface area contributed by atoms with Crippen molar-refractivity contribution in [1.29, 1.82) is 0 Å². The minimum Gasteiger partial charge on any atom is -0.380 e. The molecule has 1 rings (SSSR count). The van der Waals surface area contributed by atoms with E-state index < -0.39 is 0 Å². The summed E-state index contributed by atoms with van der Waals surface area (Å²) in [6, 6.07) is 0.0211. The third-order valence-electron chi connectivity index (χ3n) is 2.86. The number of likely N-dealkylation sites (N-methyl/N-ethyl adjacent to an activating group) is 1. The molecule has 0 spiro atoms. The van der Waals surface area contributed by atoms with Gasteiger partial charge in [-0.05, 0) is 26.3 Å². The Balaban J connectivity index is 2.47. The molecule has 1 saturated heterocycles. The van der Waals surface area contributed by atoms with E-state index in [1.54, 1.807) is 7.11 Å². The summed E-state index contributed by atoms with van der Waals surface area (Å²) in [7, 11) is 1.68. The average molecular weight is 214 g/mol. The third-order valence-corrected chi connectivity index (χ3v) is 2.86. The summed E-state index contributed by atoms with van der Waals surface area (Å²) >= 11 is 0. The predicted molar refractivity (Wildman–Crippen MR) is 59.7 cm³/mol. The second-order valence-corrected chi connectivity index (χ2v) is 4.08. The lowest BCUT2D eigenvalue weighted by Crippen LogP contribution is -2.52. The molecular weight excluding hydrogens is 192 g/mol. The van der Waals surface area contributed by atoms with Gasteiger partial charge in [0.1, 0.15) is 0 Å². The highest BCUT2D eigenvalue weighted by molar-refractivity contribution is 5.82. The van der Waals surface area contributed by atoms with E-state index in [9.17, 15) is 4.79 Å². The molecule has 1 amide bonds. The normalized spacial score (nSPS) is 24.3. The Bertz CT molecular complexity index is 207. The zero-order chi connectivity index (χ0) is 11.3. The van der Waals surface area contributed by atoms with Crippen LogP contribution in [-0.2, 0) is 9.53 Å². The van der Waals surface area contributed by atoms with Gasteiger partial charge in [-0.2, -0.15) is 0 Å². The first-order valence-electron chi connectivity index (χ1n) is 5.74. The van der Waals surface area contributed by atoms with Crippen LogP contribution in [-0.4, -0.2) is 49.7 Å². The van der Waals surface area contributed by atoms with Gasteiger partial charge in [0, 0.05) is 20.2 Å². The molecule has 0 aromatic rings. The lowest BCUT2D eigenvalue weighted by Gasteiger charge is -2.33. The van der Waals surface area contributed by atoms with Crippen LogP contribution in [0.25, 0.3) is 0 Å². The monoisotopic (exact) mass is 214 g/mol. The number of nitrogens with zero attached hydrogens (tertiary/aromatic N) is 1. The van der Waals surface area contributed by atoms with Crippen molar-refractivity contribution in [3.8, 4) is 0 Å². The Morgan fingerprint density at radius 3 is 3.00 bits per heavy atom. The molecule has 2 atom stereocenters. The number of hydrogen-bond donors (Lipinski definition) is 1. The van der Waals surface area contributed by atoms with E-state index >= 15 is 0 Å². The summed E-state index contributed by atoms with van der Waals surface area (Å²) < 4.78 is 5.18. The van der Waals surface area contributed by atoms with Crippen molar-refractivity contribution in [2.24, 2.45) is 0 Å². The predicted octanol–water partition coefficient (Wildman–Crippen LogP) is 0.622. The van der Waals surface area contributed by atoms with Gasteiger partial charge < -0.3 is 15.0 Å². The molecule has 0 aromatic carbocycles. The SMILES string of the molecule is CCNC1CCCN(CC(C)OC)C1=O. The van der Waals surface area contributed by atoms with Gasteiger partial charge in [-0.15, -0.1) is 0 Å². The van der Waals surface area contributed by atoms with Gasteiger partial charge in [0.15, 0.2) is 0 Å². The molecule has 15 heavy (non-hydrogen) atoms. The second kappa shape index (κ2) is 6.08. The number of carbonyl (C=O) groups excluding carboxylic acids is 1. The van der Waals surface area contributed by atoms with Gasteiger partial charge in [-0.3, -0.25) is 4.79 Å². The molecule has 4 heteroatoms. The standard InChI is InChI=1S/C11H22N2O2/c1-4-12-10-6-5-7-13(11(10)14)8-9(2)15-3/h9-10,12H,4-8H2,1-3H3. The molecule has 0 radical (unpaired) electrons. The summed E-state index contributed by atoms with van der Waals surface area (Å²) in [4.78, 5) is 13.9. The zero-order valence-electron chi connectivity index (χ0n) is 9.95. The zero-order valence-corrected chi connectivity index (χ0v) is 9.95. The van der Waals surface area contributed by atoms with E-state index in [1.165, 1.54) is 0 Å². The number of likely N-dealkylation sites (tertiary alicyclic amines) is 1. The molecule has 2 unspecified atom stereocenters. The summed E-state index contributed by atoms with van der Waals surface area (Å²) in [6.07, 6.45) is 2.17. The van der Waals surface area contributed by atoms with Crippen LogP contribution < -0.4 is 5.32 Å². The lowest BCUT2D eigenvalue weighted by atomic mass is 10.0. The molecule has 1 heterocycles. The van der Waals surface area contributed by atoms with Crippen LogP contribution in [0.3, 0.4) is 0 Å². The van der Waals surface area contributed by atoms with Crippen molar-refractivity contribution in [1.82, 2.24) is 10.2 Å². The average Bonchev–Trinajstić information content (AvgIpc) is 2.24. The molecule has 0 bridgehead atoms. The first-order chi connectivity index (χ1) is 7.19. The number of nitrogens with one attached hydrogen (secondary N) is 1. The van der Waals surface area contributed by atoms with E-state index in [-0.39, 0.29) is 18.1 Å². The van der Waals surface area contributed by atoms with Crippen molar-refractivity contribution in [2.75, 3.05) is 26.7 Å². The largest absolute Gasteiger partial charge is 0.380 e. The molecule has 1 fully saturated rings. The summed E-state index contributed by atoms with van der Waals surface area (Å²) in [5.41, 5.74) is 0. The maximum Gasteiger partial charge on any atom is 0.239 e. The van der Waals surface area contributed by atoms with Crippen LogP contribution in [0.4, 0.5) is 0 Å². The Morgan fingerprint density at radius 2 is 2.40 bits per heavy atom. The number of carbonyl (C=O) groups is 1. The van der Waals surface area contributed by atoms with E-state index in [2.05, 4.69) is 5.32 Å². The van der Waals surface area contributed by atoms with Crippen molar-refractivity contribution in [2.45, 2.75) is 38.8 Å². The van der Waals surface area contributed by atoms with Gasteiger partial charge in [-0.25, -0.2) is 0 Å². The smallest absolute Gasteiger partial charge is 0.239 e. The van der Waals surface area contributed by atoms with Crippen LogP contribution in [0.2, 0.25) is 0 Å². The molecule has 4 nitrogen and oxygen atoms in total. The molecule has 1 N–H and O–H groups in total. The highest BCUT2D eigenvalue weighted by atomic mass is 16.5. The molecular formula is C11H22N2O2. The Kier molecular flexibility index (Phi) is 5.05. The molecule has 1 aliphatic rings. The molecule has 88 valence electrons.